The van der Waals surface area contributed by atoms with Crippen LogP contribution in [-0.4, -0.2) is 25.8 Å². The number of nitrogens with zero attached hydrogens (tertiary/aromatic N) is 5. The van der Waals surface area contributed by atoms with Gasteiger partial charge in [-0.1, -0.05) is 127 Å². The van der Waals surface area contributed by atoms with Gasteiger partial charge in [0.05, 0.1) is 22.1 Å². The van der Waals surface area contributed by atoms with Crippen LogP contribution in [0.15, 0.2) is 180 Å². The zero-order valence-corrected chi connectivity index (χ0v) is 27.0. The molecular formula is C44H30N6. The minimum absolute atomic E-state index is 0.450. The number of fused-ring (bicyclic) bond motifs is 7. The summed E-state index contributed by atoms with van der Waals surface area (Å²) in [5.41, 5.74) is 8.62. The standard InChI is InChI=1S/C44H30N6/c1-4-14-29(15-5-1)42-46-43(30-16-6-2-7-17-30)48-44(47-42)31-24-27-39(45-28-31)50-38-23-13-11-21-34(38)36-26-25-35-33-20-10-12-22-37(33)49(40(35)41(36)50)32-18-8-3-9-19-32/h1-28,44H,(H,46,47,48). The van der Waals surface area contributed by atoms with Crippen molar-refractivity contribution in [2.24, 2.45) is 9.98 Å². The van der Waals surface area contributed by atoms with Gasteiger partial charge >= 0.3 is 0 Å². The van der Waals surface area contributed by atoms with E-state index < -0.39 is 6.17 Å². The highest BCUT2D eigenvalue weighted by atomic mass is 15.2. The monoisotopic (exact) mass is 642 g/mol. The van der Waals surface area contributed by atoms with E-state index >= 15 is 0 Å². The maximum Gasteiger partial charge on any atom is 0.171 e. The van der Waals surface area contributed by atoms with Crippen molar-refractivity contribution in [2.45, 2.75) is 6.17 Å². The third-order valence-electron chi connectivity index (χ3n) is 9.62. The summed E-state index contributed by atoms with van der Waals surface area (Å²) in [7, 11) is 0. The number of para-hydroxylation sites is 3. The van der Waals surface area contributed by atoms with Crippen LogP contribution in [-0.2, 0) is 0 Å². The van der Waals surface area contributed by atoms with Crippen LogP contribution in [0, 0.1) is 0 Å². The Bertz CT molecular complexity index is 2700. The molecule has 6 nitrogen and oxygen atoms in total. The van der Waals surface area contributed by atoms with Crippen LogP contribution < -0.4 is 5.32 Å². The largest absolute Gasteiger partial charge is 0.324 e. The van der Waals surface area contributed by atoms with E-state index in [1.807, 2.05) is 42.6 Å². The second kappa shape index (κ2) is 11.4. The van der Waals surface area contributed by atoms with Crippen molar-refractivity contribution in [3.63, 3.8) is 0 Å². The van der Waals surface area contributed by atoms with E-state index in [9.17, 15) is 0 Å². The minimum Gasteiger partial charge on any atom is -0.324 e. The molecule has 4 heterocycles. The summed E-state index contributed by atoms with van der Waals surface area (Å²) < 4.78 is 4.71. The van der Waals surface area contributed by atoms with E-state index in [2.05, 4.69) is 142 Å². The van der Waals surface area contributed by atoms with Crippen LogP contribution in [0.1, 0.15) is 22.9 Å². The Morgan fingerprint density at radius 2 is 0.940 bits per heavy atom. The fraction of sp³-hybridized carbons (Fsp3) is 0.0227. The van der Waals surface area contributed by atoms with E-state index in [0.717, 1.165) is 56.4 Å². The van der Waals surface area contributed by atoms with Gasteiger partial charge in [0.1, 0.15) is 17.5 Å². The maximum atomic E-state index is 5.15. The Kier molecular flexibility index (Phi) is 6.45. The Morgan fingerprint density at radius 1 is 0.440 bits per heavy atom. The number of amidine groups is 2. The van der Waals surface area contributed by atoms with Gasteiger partial charge in [0.25, 0.3) is 0 Å². The average Bonchev–Trinajstić information content (AvgIpc) is 3.72. The summed E-state index contributed by atoms with van der Waals surface area (Å²) in [5.74, 6) is 2.41. The molecule has 1 N–H and O–H groups in total. The van der Waals surface area contributed by atoms with Crippen molar-refractivity contribution in [2.75, 3.05) is 0 Å². The number of aliphatic imine (C=N–C) groups is 2. The zero-order valence-electron chi connectivity index (χ0n) is 27.0. The quantitative estimate of drug-likeness (QED) is 0.203. The summed E-state index contributed by atoms with van der Waals surface area (Å²) in [5, 5.41) is 8.28. The van der Waals surface area contributed by atoms with Gasteiger partial charge in [-0.15, -0.1) is 0 Å². The van der Waals surface area contributed by atoms with Gasteiger partial charge in [-0.25, -0.2) is 15.0 Å². The first kappa shape index (κ1) is 28.2. The van der Waals surface area contributed by atoms with Gasteiger partial charge < -0.3 is 9.88 Å². The summed E-state index contributed by atoms with van der Waals surface area (Å²) >= 11 is 0. The molecule has 0 spiro atoms. The molecule has 6 aromatic carbocycles. The molecular weight excluding hydrogens is 613 g/mol. The molecule has 0 aliphatic carbocycles. The van der Waals surface area contributed by atoms with Crippen LogP contribution in [0.4, 0.5) is 0 Å². The summed E-state index contributed by atoms with van der Waals surface area (Å²) in [6, 6.07) is 57.1. The van der Waals surface area contributed by atoms with E-state index in [4.69, 9.17) is 15.0 Å². The lowest BCUT2D eigenvalue weighted by Crippen LogP contribution is -2.36. The molecule has 0 bridgehead atoms. The topological polar surface area (TPSA) is 59.5 Å². The number of rotatable bonds is 5. The van der Waals surface area contributed by atoms with Crippen LogP contribution in [0.2, 0.25) is 0 Å². The fourth-order valence-corrected chi connectivity index (χ4v) is 7.35. The smallest absolute Gasteiger partial charge is 0.171 e. The van der Waals surface area contributed by atoms with Crippen LogP contribution in [0.5, 0.6) is 0 Å². The van der Waals surface area contributed by atoms with Crippen molar-refractivity contribution >= 4 is 55.3 Å². The van der Waals surface area contributed by atoms with Gasteiger partial charge in [-0.05, 0) is 36.4 Å². The number of pyridine rings is 1. The first-order chi connectivity index (χ1) is 24.8. The molecule has 9 aromatic rings. The first-order valence-electron chi connectivity index (χ1n) is 16.8. The van der Waals surface area contributed by atoms with Gasteiger partial charge in [0.15, 0.2) is 6.17 Å². The third-order valence-corrected chi connectivity index (χ3v) is 9.62. The Morgan fingerprint density at radius 3 is 1.50 bits per heavy atom. The fourth-order valence-electron chi connectivity index (χ4n) is 7.35. The van der Waals surface area contributed by atoms with Gasteiger partial charge in [0.2, 0.25) is 0 Å². The van der Waals surface area contributed by atoms with Crippen LogP contribution in [0.3, 0.4) is 0 Å². The highest BCUT2D eigenvalue weighted by Crippen LogP contribution is 2.41. The molecule has 0 amide bonds. The molecule has 0 fully saturated rings. The predicted octanol–water partition coefficient (Wildman–Crippen LogP) is 9.77. The lowest BCUT2D eigenvalue weighted by Gasteiger charge is -2.22. The summed E-state index contributed by atoms with van der Waals surface area (Å²) in [6.45, 7) is 0. The molecule has 0 unspecified atom stereocenters. The van der Waals surface area contributed by atoms with E-state index in [1.54, 1.807) is 0 Å². The molecule has 10 rings (SSSR count). The minimum atomic E-state index is -0.450. The molecule has 0 atom stereocenters. The maximum absolute atomic E-state index is 5.15. The molecule has 0 radical (unpaired) electrons. The van der Waals surface area contributed by atoms with E-state index in [-0.39, 0.29) is 0 Å². The highest BCUT2D eigenvalue weighted by molar-refractivity contribution is 6.23. The predicted molar refractivity (Wildman–Crippen MR) is 205 cm³/mol. The summed E-state index contributed by atoms with van der Waals surface area (Å²) in [6.07, 6.45) is 1.48. The Labute approximate surface area is 288 Å². The van der Waals surface area contributed by atoms with Crippen molar-refractivity contribution in [1.29, 1.82) is 0 Å². The number of aromatic nitrogens is 3. The lowest BCUT2D eigenvalue weighted by molar-refractivity contribution is 0.750. The number of hydrogen-bond donors (Lipinski definition) is 1. The van der Waals surface area contributed by atoms with Crippen molar-refractivity contribution in [1.82, 2.24) is 19.4 Å². The highest BCUT2D eigenvalue weighted by Gasteiger charge is 2.23. The zero-order chi connectivity index (χ0) is 33.0. The van der Waals surface area contributed by atoms with E-state index in [0.29, 0.717) is 0 Å². The van der Waals surface area contributed by atoms with Crippen molar-refractivity contribution in [3.05, 3.63) is 187 Å². The molecule has 1 aliphatic heterocycles. The van der Waals surface area contributed by atoms with Crippen LogP contribution in [0.25, 0.3) is 55.1 Å². The normalized spacial score (nSPS) is 13.5. The van der Waals surface area contributed by atoms with Crippen molar-refractivity contribution in [3.8, 4) is 11.5 Å². The summed E-state index contributed by atoms with van der Waals surface area (Å²) in [4.78, 5) is 15.3. The second-order valence-corrected chi connectivity index (χ2v) is 12.5. The molecule has 0 saturated carbocycles. The van der Waals surface area contributed by atoms with Crippen molar-refractivity contribution < 1.29 is 0 Å². The molecule has 3 aromatic heterocycles. The first-order valence-corrected chi connectivity index (χ1v) is 16.8. The van der Waals surface area contributed by atoms with Crippen LogP contribution >= 0.6 is 0 Å². The number of benzene rings is 6. The average molecular weight is 643 g/mol. The second-order valence-electron chi connectivity index (χ2n) is 12.5. The molecule has 50 heavy (non-hydrogen) atoms. The number of nitrogens with one attached hydrogen (secondary N) is 1. The third kappa shape index (κ3) is 4.46. The Hall–Kier alpha value is -6.79. The van der Waals surface area contributed by atoms with Gasteiger partial charge in [-0.3, -0.25) is 4.57 Å². The van der Waals surface area contributed by atoms with E-state index in [1.165, 1.54) is 27.1 Å². The molecule has 236 valence electrons. The van der Waals surface area contributed by atoms with Gasteiger partial charge in [0, 0.05) is 50.1 Å². The SMILES string of the molecule is c1ccc(C2=NC(c3ccc(-n4c5ccccc5c5ccc6c7ccccc7n(-c7ccccc7)c6c54)nc3)N=C(c3ccccc3)N2)cc1. The van der Waals surface area contributed by atoms with Gasteiger partial charge in [-0.2, -0.15) is 0 Å². The molecule has 0 saturated heterocycles. The molecule has 6 heteroatoms. The Balaban J connectivity index is 1.18. The number of hydrogen-bond acceptors (Lipinski definition) is 4. The molecule has 1 aliphatic rings. The lowest BCUT2D eigenvalue weighted by atomic mass is 10.1.